The second-order valence-corrected chi connectivity index (χ2v) is 10.9. The zero-order valence-corrected chi connectivity index (χ0v) is 21.4. The van der Waals surface area contributed by atoms with Crippen LogP contribution in [0.5, 0.6) is 0 Å². The first-order valence-corrected chi connectivity index (χ1v) is 13.7. The van der Waals surface area contributed by atoms with Crippen LogP contribution in [0.3, 0.4) is 0 Å². The minimum Gasteiger partial charge on any atom is -0.0631 e. The van der Waals surface area contributed by atoms with Crippen molar-refractivity contribution in [2.24, 2.45) is 0 Å². The molecule has 0 aliphatic heterocycles. The van der Waals surface area contributed by atoms with Crippen molar-refractivity contribution in [3.05, 3.63) is 146 Å². The Balaban J connectivity index is 1.58. The van der Waals surface area contributed by atoms with Gasteiger partial charge < -0.3 is 0 Å². The summed E-state index contributed by atoms with van der Waals surface area (Å²) < 4.78 is 0. The molecule has 0 atom stereocenters. The Kier molecular flexibility index (Phi) is 5.42. The van der Waals surface area contributed by atoms with E-state index in [1.807, 2.05) is 0 Å². The molecule has 0 aliphatic rings. The summed E-state index contributed by atoms with van der Waals surface area (Å²) in [6.45, 7) is 0. The molecule has 0 saturated carbocycles. The van der Waals surface area contributed by atoms with Crippen LogP contribution in [0.15, 0.2) is 146 Å². The Hall–Kier alpha value is -4.46. The van der Waals surface area contributed by atoms with E-state index in [9.17, 15) is 0 Å². The van der Waals surface area contributed by atoms with E-state index in [0.717, 1.165) is 0 Å². The van der Waals surface area contributed by atoms with E-state index in [1.54, 1.807) is 0 Å². The van der Waals surface area contributed by atoms with Gasteiger partial charge in [0.15, 0.2) is 0 Å². The first-order chi connectivity index (χ1) is 18.3. The molecule has 0 fully saturated rings. The van der Waals surface area contributed by atoms with Gasteiger partial charge in [-0.25, -0.2) is 0 Å². The van der Waals surface area contributed by atoms with Gasteiger partial charge in [-0.3, -0.25) is 0 Å². The summed E-state index contributed by atoms with van der Waals surface area (Å²) in [6.07, 6.45) is 0. The molecule has 2 radical (unpaired) electrons. The molecular formula is C36H24Si. The molecule has 37 heavy (non-hydrogen) atoms. The van der Waals surface area contributed by atoms with Gasteiger partial charge in [0.25, 0.3) is 0 Å². The smallest absolute Gasteiger partial charge is 0.0631 e. The monoisotopic (exact) mass is 484 g/mol. The summed E-state index contributed by atoms with van der Waals surface area (Å²) in [5, 5.41) is 10.5. The molecule has 0 heterocycles. The van der Waals surface area contributed by atoms with Crippen LogP contribution in [-0.4, -0.2) is 9.52 Å². The minimum atomic E-state index is 0.619. The minimum absolute atomic E-state index is 0.619. The van der Waals surface area contributed by atoms with E-state index in [4.69, 9.17) is 0 Å². The van der Waals surface area contributed by atoms with Gasteiger partial charge in [-0.15, -0.1) is 0 Å². The maximum atomic E-state index is 2.43. The molecule has 0 unspecified atom stereocenters. The SMILES string of the molecule is c1ccc([Si]c2ccc3c(-c4ccccc4)c4ccccc4c(-c4ccc5ccccc5c4)c3c2)cc1. The Bertz CT molecular complexity index is 1890. The van der Waals surface area contributed by atoms with Crippen molar-refractivity contribution in [2.45, 2.75) is 0 Å². The lowest BCUT2D eigenvalue weighted by atomic mass is 9.85. The van der Waals surface area contributed by atoms with Crippen molar-refractivity contribution in [2.75, 3.05) is 0 Å². The van der Waals surface area contributed by atoms with Gasteiger partial charge in [0.1, 0.15) is 9.52 Å². The highest BCUT2D eigenvalue weighted by atomic mass is 28.2. The van der Waals surface area contributed by atoms with Crippen LogP contribution in [0.1, 0.15) is 0 Å². The predicted octanol–water partition coefficient (Wildman–Crippen LogP) is 8.14. The Morgan fingerprint density at radius 2 is 0.919 bits per heavy atom. The molecule has 0 spiro atoms. The normalized spacial score (nSPS) is 11.4. The fraction of sp³-hybridized carbons (Fsp3) is 0. The maximum Gasteiger partial charge on any atom is 0.121 e. The zero-order chi connectivity index (χ0) is 24.6. The van der Waals surface area contributed by atoms with Crippen molar-refractivity contribution in [1.29, 1.82) is 0 Å². The van der Waals surface area contributed by atoms with E-state index < -0.39 is 0 Å². The molecule has 7 aromatic carbocycles. The molecule has 0 nitrogen and oxygen atoms in total. The Labute approximate surface area is 219 Å². The average Bonchev–Trinajstić information content (AvgIpc) is 2.96. The predicted molar refractivity (Wildman–Crippen MR) is 161 cm³/mol. The van der Waals surface area contributed by atoms with Crippen LogP contribution >= 0.6 is 0 Å². The molecule has 172 valence electrons. The molecule has 0 aromatic heterocycles. The molecule has 7 rings (SSSR count). The topological polar surface area (TPSA) is 0 Å². The number of rotatable bonds is 4. The van der Waals surface area contributed by atoms with Crippen molar-refractivity contribution in [1.82, 2.24) is 0 Å². The zero-order valence-electron chi connectivity index (χ0n) is 20.4. The molecular weight excluding hydrogens is 460 g/mol. The summed E-state index contributed by atoms with van der Waals surface area (Å²) in [6, 6.07) is 53.2. The van der Waals surface area contributed by atoms with E-state index in [0.29, 0.717) is 9.52 Å². The van der Waals surface area contributed by atoms with Crippen LogP contribution in [0, 0.1) is 0 Å². The summed E-state index contributed by atoms with van der Waals surface area (Å²) in [7, 11) is 0.619. The second-order valence-electron chi connectivity index (χ2n) is 9.47. The number of hydrogen-bond acceptors (Lipinski definition) is 0. The lowest BCUT2D eigenvalue weighted by molar-refractivity contribution is 1.66. The third-order valence-electron chi connectivity index (χ3n) is 7.19. The number of hydrogen-bond donors (Lipinski definition) is 0. The first-order valence-electron chi connectivity index (χ1n) is 12.7. The highest BCUT2D eigenvalue weighted by Gasteiger charge is 2.17. The van der Waals surface area contributed by atoms with Crippen molar-refractivity contribution < 1.29 is 0 Å². The van der Waals surface area contributed by atoms with Gasteiger partial charge in [-0.1, -0.05) is 150 Å². The second kappa shape index (κ2) is 9.20. The molecule has 0 aliphatic carbocycles. The fourth-order valence-electron chi connectivity index (χ4n) is 5.52. The van der Waals surface area contributed by atoms with Gasteiger partial charge in [0.05, 0.1) is 0 Å². The van der Waals surface area contributed by atoms with Gasteiger partial charge in [0.2, 0.25) is 0 Å². The summed E-state index contributed by atoms with van der Waals surface area (Å²) in [5.74, 6) is 0. The third-order valence-corrected chi connectivity index (χ3v) is 8.41. The first kappa shape index (κ1) is 21.8. The number of fused-ring (bicyclic) bond motifs is 3. The number of benzene rings is 7. The van der Waals surface area contributed by atoms with Crippen molar-refractivity contribution in [3.8, 4) is 22.3 Å². The van der Waals surface area contributed by atoms with E-state index in [1.165, 1.54) is 64.9 Å². The average molecular weight is 485 g/mol. The van der Waals surface area contributed by atoms with Gasteiger partial charge in [0, 0.05) is 0 Å². The van der Waals surface area contributed by atoms with E-state index >= 15 is 0 Å². The van der Waals surface area contributed by atoms with Crippen LogP contribution < -0.4 is 10.4 Å². The van der Waals surface area contributed by atoms with Crippen molar-refractivity contribution >= 4 is 52.2 Å². The maximum absolute atomic E-state index is 2.43. The molecule has 1 heteroatoms. The van der Waals surface area contributed by atoms with Crippen molar-refractivity contribution in [3.63, 3.8) is 0 Å². The summed E-state index contributed by atoms with van der Waals surface area (Å²) in [4.78, 5) is 0. The summed E-state index contributed by atoms with van der Waals surface area (Å²) >= 11 is 0. The van der Waals surface area contributed by atoms with Crippen LogP contribution in [0.4, 0.5) is 0 Å². The van der Waals surface area contributed by atoms with Gasteiger partial charge >= 0.3 is 0 Å². The molecule has 0 bridgehead atoms. The highest BCUT2D eigenvalue weighted by Crippen LogP contribution is 2.43. The molecule has 7 aromatic rings. The molecule has 0 N–H and O–H groups in total. The molecule has 0 amide bonds. The van der Waals surface area contributed by atoms with Crippen LogP contribution in [-0.2, 0) is 0 Å². The highest BCUT2D eigenvalue weighted by molar-refractivity contribution is 6.67. The third kappa shape index (κ3) is 3.94. The van der Waals surface area contributed by atoms with Crippen LogP contribution in [0.25, 0.3) is 54.6 Å². The van der Waals surface area contributed by atoms with Crippen LogP contribution in [0.2, 0.25) is 0 Å². The largest absolute Gasteiger partial charge is 0.121 e. The molecule has 0 saturated heterocycles. The van der Waals surface area contributed by atoms with E-state index in [-0.39, 0.29) is 0 Å². The fourth-order valence-corrected chi connectivity index (χ4v) is 6.59. The lowest BCUT2D eigenvalue weighted by Gasteiger charge is -2.19. The Morgan fingerprint density at radius 3 is 1.68 bits per heavy atom. The quantitative estimate of drug-likeness (QED) is 0.175. The van der Waals surface area contributed by atoms with E-state index in [2.05, 4.69) is 146 Å². The van der Waals surface area contributed by atoms with Gasteiger partial charge in [-0.05, 0) is 60.6 Å². The standard InChI is InChI=1S/C36H24Si/c1-3-12-26(13-4-1)35-31-17-9-10-18-32(31)36(28-20-19-25-11-7-8-14-27(25)23-28)34-24-30(21-22-33(34)35)37-29-15-5-2-6-16-29/h1-24H. The summed E-state index contributed by atoms with van der Waals surface area (Å²) in [5.41, 5.74) is 5.15. The lowest BCUT2D eigenvalue weighted by Crippen LogP contribution is -2.26. The van der Waals surface area contributed by atoms with Gasteiger partial charge in [-0.2, -0.15) is 0 Å². The Morgan fingerprint density at radius 1 is 0.324 bits per heavy atom.